The van der Waals surface area contributed by atoms with Crippen molar-refractivity contribution in [1.82, 2.24) is 0 Å². The van der Waals surface area contributed by atoms with Crippen LogP contribution in [0.3, 0.4) is 0 Å². The van der Waals surface area contributed by atoms with Gasteiger partial charge in [-0.3, -0.25) is 0 Å². The van der Waals surface area contributed by atoms with Crippen LogP contribution in [0.25, 0.3) is 0 Å². The maximum absolute atomic E-state index is 10.9. The van der Waals surface area contributed by atoms with E-state index in [4.69, 9.17) is 16.9 Å². The van der Waals surface area contributed by atoms with Crippen LogP contribution in [0.15, 0.2) is 18.2 Å². The van der Waals surface area contributed by atoms with Crippen molar-refractivity contribution in [3.63, 3.8) is 0 Å². The minimum absolute atomic E-state index is 0.127. The fourth-order valence-electron chi connectivity index (χ4n) is 1.34. The van der Waals surface area contributed by atoms with Crippen LogP contribution < -0.4 is 5.32 Å². The van der Waals surface area contributed by atoms with E-state index in [0.29, 0.717) is 29.2 Å². The molecule has 0 aliphatic heterocycles. The van der Waals surface area contributed by atoms with Gasteiger partial charge in [0.15, 0.2) is 0 Å². The second kappa shape index (κ2) is 5.89. The number of anilines is 1. The van der Waals surface area contributed by atoms with Gasteiger partial charge >= 0.3 is 0 Å². The average molecular weight is 273 g/mol. The summed E-state index contributed by atoms with van der Waals surface area (Å²) >= 11 is 5.86. The van der Waals surface area contributed by atoms with Gasteiger partial charge in [0.2, 0.25) is 0 Å². The van der Waals surface area contributed by atoms with Crippen LogP contribution in [0.4, 0.5) is 5.69 Å². The van der Waals surface area contributed by atoms with Crippen molar-refractivity contribution in [2.75, 3.05) is 23.9 Å². The monoisotopic (exact) mass is 272 g/mol. The highest BCUT2D eigenvalue weighted by atomic mass is 35.5. The molecule has 0 radical (unpaired) electrons. The Bertz CT molecular complexity index is 535. The van der Waals surface area contributed by atoms with Crippen molar-refractivity contribution < 1.29 is 8.42 Å². The predicted octanol–water partition coefficient (Wildman–Crippen LogP) is 2.06. The molecule has 17 heavy (non-hydrogen) atoms. The van der Waals surface area contributed by atoms with Gasteiger partial charge in [0.1, 0.15) is 15.9 Å². The quantitative estimate of drug-likeness (QED) is 0.833. The molecule has 6 heteroatoms. The van der Waals surface area contributed by atoms with Gasteiger partial charge in [-0.05, 0) is 18.6 Å². The van der Waals surface area contributed by atoms with Gasteiger partial charge in [-0.25, -0.2) is 8.42 Å². The van der Waals surface area contributed by atoms with Gasteiger partial charge in [-0.15, -0.1) is 0 Å². The highest BCUT2D eigenvalue weighted by Crippen LogP contribution is 2.22. The molecule has 1 aromatic rings. The first-order valence-electron chi connectivity index (χ1n) is 5.04. The van der Waals surface area contributed by atoms with Crippen LogP contribution in [0.1, 0.15) is 12.0 Å². The third kappa shape index (κ3) is 4.63. The summed E-state index contributed by atoms with van der Waals surface area (Å²) in [5.74, 6) is 0.127. The van der Waals surface area contributed by atoms with Gasteiger partial charge < -0.3 is 5.32 Å². The molecule has 1 aromatic carbocycles. The largest absolute Gasteiger partial charge is 0.384 e. The number of halogens is 1. The minimum Gasteiger partial charge on any atom is -0.384 e. The summed E-state index contributed by atoms with van der Waals surface area (Å²) in [5, 5.41) is 12.3. The zero-order valence-corrected chi connectivity index (χ0v) is 11.0. The maximum atomic E-state index is 10.9. The van der Waals surface area contributed by atoms with Gasteiger partial charge in [0.25, 0.3) is 0 Å². The summed E-state index contributed by atoms with van der Waals surface area (Å²) < 4.78 is 21.8. The number of nitriles is 1. The Morgan fingerprint density at radius 1 is 1.47 bits per heavy atom. The lowest BCUT2D eigenvalue weighted by Gasteiger charge is -2.08. The SMILES string of the molecule is CS(=O)(=O)CCCNc1cccc(Cl)c1C#N. The van der Waals surface area contributed by atoms with E-state index in [0.717, 1.165) is 0 Å². The molecule has 1 N–H and O–H groups in total. The first-order valence-corrected chi connectivity index (χ1v) is 7.48. The lowest BCUT2D eigenvalue weighted by molar-refractivity contribution is 0.600. The Hall–Kier alpha value is -1.25. The van der Waals surface area contributed by atoms with Crippen LogP contribution in [-0.4, -0.2) is 27.0 Å². The Labute approximate surface area is 106 Å². The standard InChI is InChI=1S/C11H13ClN2O2S/c1-17(15,16)7-3-6-14-11-5-2-4-10(12)9(11)8-13/h2,4-5,14H,3,6-7H2,1H3. The minimum atomic E-state index is -2.93. The Kier molecular flexibility index (Phi) is 4.79. The lowest BCUT2D eigenvalue weighted by atomic mass is 10.2. The van der Waals surface area contributed by atoms with Crippen molar-refractivity contribution in [2.24, 2.45) is 0 Å². The van der Waals surface area contributed by atoms with Gasteiger partial charge in [-0.1, -0.05) is 17.7 Å². The summed E-state index contributed by atoms with van der Waals surface area (Å²) in [6.07, 6.45) is 1.70. The second-order valence-corrected chi connectivity index (χ2v) is 6.35. The van der Waals surface area contributed by atoms with E-state index in [2.05, 4.69) is 5.32 Å². The van der Waals surface area contributed by atoms with Crippen LogP contribution in [0, 0.1) is 11.3 Å². The number of hydrogen-bond acceptors (Lipinski definition) is 4. The smallest absolute Gasteiger partial charge is 0.147 e. The van der Waals surface area contributed by atoms with Gasteiger partial charge in [0, 0.05) is 12.8 Å². The molecule has 0 aromatic heterocycles. The first-order chi connectivity index (χ1) is 7.94. The van der Waals surface area contributed by atoms with Crippen molar-refractivity contribution in [3.05, 3.63) is 28.8 Å². The molecule has 0 fully saturated rings. The molecular weight excluding hydrogens is 260 g/mol. The molecular formula is C11H13ClN2O2S. The highest BCUT2D eigenvalue weighted by Gasteiger charge is 2.06. The molecule has 0 spiro atoms. The molecule has 0 unspecified atom stereocenters. The molecule has 0 aliphatic carbocycles. The van der Waals surface area contributed by atoms with Gasteiger partial charge in [0.05, 0.1) is 22.0 Å². The number of sulfone groups is 1. The van der Waals surface area contributed by atoms with E-state index < -0.39 is 9.84 Å². The molecule has 0 heterocycles. The van der Waals surface area contributed by atoms with Crippen LogP contribution in [0.5, 0.6) is 0 Å². The summed E-state index contributed by atoms with van der Waals surface area (Å²) in [4.78, 5) is 0. The van der Waals surface area contributed by atoms with E-state index in [1.54, 1.807) is 18.2 Å². The zero-order valence-electron chi connectivity index (χ0n) is 9.40. The number of nitrogens with one attached hydrogen (secondary N) is 1. The Morgan fingerprint density at radius 2 is 2.18 bits per heavy atom. The average Bonchev–Trinajstić information content (AvgIpc) is 2.23. The molecule has 92 valence electrons. The van der Waals surface area contributed by atoms with E-state index in [1.165, 1.54) is 6.26 Å². The molecule has 0 saturated carbocycles. The maximum Gasteiger partial charge on any atom is 0.147 e. The van der Waals surface area contributed by atoms with E-state index in [9.17, 15) is 8.42 Å². The third-order valence-electron chi connectivity index (χ3n) is 2.13. The molecule has 0 saturated heterocycles. The van der Waals surface area contributed by atoms with Crippen molar-refractivity contribution >= 4 is 27.1 Å². The number of rotatable bonds is 5. The molecule has 0 amide bonds. The second-order valence-electron chi connectivity index (χ2n) is 3.68. The van der Waals surface area contributed by atoms with E-state index in [-0.39, 0.29) is 5.75 Å². The molecule has 0 aliphatic rings. The number of benzene rings is 1. The number of nitrogens with zero attached hydrogens (tertiary/aromatic N) is 1. The third-order valence-corrected chi connectivity index (χ3v) is 3.48. The summed E-state index contributed by atoms with van der Waals surface area (Å²) in [7, 11) is -2.93. The molecule has 0 bridgehead atoms. The Morgan fingerprint density at radius 3 is 2.76 bits per heavy atom. The topological polar surface area (TPSA) is 70.0 Å². The first kappa shape index (κ1) is 13.8. The van der Waals surface area contributed by atoms with Gasteiger partial charge in [-0.2, -0.15) is 5.26 Å². The van der Waals surface area contributed by atoms with Crippen LogP contribution in [-0.2, 0) is 9.84 Å². The van der Waals surface area contributed by atoms with E-state index in [1.807, 2.05) is 6.07 Å². The summed E-state index contributed by atoms with van der Waals surface area (Å²) in [6, 6.07) is 7.13. The molecule has 4 nitrogen and oxygen atoms in total. The number of hydrogen-bond donors (Lipinski definition) is 1. The van der Waals surface area contributed by atoms with Crippen molar-refractivity contribution in [2.45, 2.75) is 6.42 Å². The van der Waals surface area contributed by atoms with Crippen LogP contribution in [0.2, 0.25) is 5.02 Å². The fourth-order valence-corrected chi connectivity index (χ4v) is 2.23. The lowest BCUT2D eigenvalue weighted by Crippen LogP contribution is -2.10. The predicted molar refractivity (Wildman–Crippen MR) is 69.0 cm³/mol. The zero-order chi connectivity index (χ0) is 12.9. The van der Waals surface area contributed by atoms with E-state index >= 15 is 0 Å². The van der Waals surface area contributed by atoms with Crippen molar-refractivity contribution in [1.29, 1.82) is 5.26 Å². The summed E-state index contributed by atoms with van der Waals surface area (Å²) in [5.41, 5.74) is 1.02. The van der Waals surface area contributed by atoms with Crippen LogP contribution >= 0.6 is 11.6 Å². The summed E-state index contributed by atoms with van der Waals surface area (Å²) in [6.45, 7) is 0.488. The Balaban J connectivity index is 2.59. The fraction of sp³-hybridized carbons (Fsp3) is 0.364. The molecule has 0 atom stereocenters. The normalized spacial score (nSPS) is 10.9. The van der Waals surface area contributed by atoms with Crippen molar-refractivity contribution in [3.8, 4) is 6.07 Å². The molecule has 1 rings (SSSR count). The highest BCUT2D eigenvalue weighted by molar-refractivity contribution is 7.90.